The lowest BCUT2D eigenvalue weighted by atomic mass is 10.3. The van der Waals surface area contributed by atoms with Crippen LogP contribution in [0.2, 0.25) is 0 Å². The SMILES string of the molecule is CCNC(=NCCCn1cccn1)NCCCCn1c(C)cccc1=O. The zero-order chi connectivity index (χ0) is 18.6. The van der Waals surface area contributed by atoms with Crippen LogP contribution in [-0.2, 0) is 13.1 Å². The third-order valence-corrected chi connectivity index (χ3v) is 4.09. The van der Waals surface area contributed by atoms with Crippen LogP contribution in [-0.4, -0.2) is 39.9 Å². The molecule has 0 bridgehead atoms. The van der Waals surface area contributed by atoms with Gasteiger partial charge in [0.2, 0.25) is 0 Å². The molecule has 2 rings (SSSR count). The van der Waals surface area contributed by atoms with E-state index in [1.54, 1.807) is 18.3 Å². The van der Waals surface area contributed by atoms with Gasteiger partial charge in [-0.05, 0) is 45.2 Å². The molecule has 0 fully saturated rings. The number of unbranched alkanes of at least 4 members (excludes halogenated alkanes) is 1. The van der Waals surface area contributed by atoms with Crippen molar-refractivity contribution >= 4 is 5.96 Å². The molecule has 0 atom stereocenters. The summed E-state index contributed by atoms with van der Waals surface area (Å²) in [5.41, 5.74) is 1.09. The number of guanidine groups is 1. The highest BCUT2D eigenvalue weighted by atomic mass is 16.1. The van der Waals surface area contributed by atoms with Gasteiger partial charge in [0.1, 0.15) is 0 Å². The van der Waals surface area contributed by atoms with Crippen molar-refractivity contribution in [2.24, 2.45) is 4.99 Å². The average Bonchev–Trinajstić information content (AvgIpc) is 3.14. The maximum atomic E-state index is 11.8. The summed E-state index contributed by atoms with van der Waals surface area (Å²) in [7, 11) is 0. The third kappa shape index (κ3) is 6.74. The Morgan fingerprint density at radius 3 is 2.77 bits per heavy atom. The minimum absolute atomic E-state index is 0.0741. The monoisotopic (exact) mass is 358 g/mol. The van der Waals surface area contributed by atoms with E-state index in [4.69, 9.17) is 0 Å². The second-order valence-corrected chi connectivity index (χ2v) is 6.17. The van der Waals surface area contributed by atoms with Crippen LogP contribution >= 0.6 is 0 Å². The van der Waals surface area contributed by atoms with Crippen molar-refractivity contribution in [3.63, 3.8) is 0 Å². The van der Waals surface area contributed by atoms with Crippen LogP contribution in [0.5, 0.6) is 0 Å². The molecule has 2 aromatic rings. The zero-order valence-corrected chi connectivity index (χ0v) is 15.8. The first-order valence-corrected chi connectivity index (χ1v) is 9.36. The van der Waals surface area contributed by atoms with Crippen molar-refractivity contribution in [2.75, 3.05) is 19.6 Å². The molecule has 142 valence electrons. The van der Waals surface area contributed by atoms with Gasteiger partial charge in [0.15, 0.2) is 5.96 Å². The molecule has 7 heteroatoms. The summed E-state index contributed by atoms with van der Waals surface area (Å²) < 4.78 is 3.75. The van der Waals surface area contributed by atoms with E-state index in [2.05, 4.69) is 27.6 Å². The Balaban J connectivity index is 1.67. The molecule has 26 heavy (non-hydrogen) atoms. The number of pyridine rings is 1. The van der Waals surface area contributed by atoms with Gasteiger partial charge in [-0.15, -0.1) is 0 Å². The molecule has 0 saturated heterocycles. The van der Waals surface area contributed by atoms with Crippen LogP contribution < -0.4 is 16.2 Å². The van der Waals surface area contributed by atoms with Crippen LogP contribution in [0.25, 0.3) is 0 Å². The van der Waals surface area contributed by atoms with E-state index in [9.17, 15) is 4.79 Å². The van der Waals surface area contributed by atoms with Crippen LogP contribution in [0, 0.1) is 6.92 Å². The molecule has 0 unspecified atom stereocenters. The molecule has 0 spiro atoms. The summed E-state index contributed by atoms with van der Waals surface area (Å²) in [6.07, 6.45) is 6.65. The van der Waals surface area contributed by atoms with Crippen molar-refractivity contribution in [3.8, 4) is 0 Å². The fourth-order valence-electron chi connectivity index (χ4n) is 2.71. The van der Waals surface area contributed by atoms with Gasteiger partial charge in [-0.2, -0.15) is 5.10 Å². The highest BCUT2D eigenvalue weighted by Gasteiger charge is 2.00. The minimum Gasteiger partial charge on any atom is -0.357 e. The molecule has 2 aromatic heterocycles. The summed E-state index contributed by atoms with van der Waals surface area (Å²) in [6, 6.07) is 7.32. The third-order valence-electron chi connectivity index (χ3n) is 4.09. The quantitative estimate of drug-likeness (QED) is 0.386. The molecule has 2 N–H and O–H groups in total. The van der Waals surface area contributed by atoms with E-state index in [1.165, 1.54) is 0 Å². The Kier molecular flexibility index (Phi) is 8.45. The van der Waals surface area contributed by atoms with Gasteiger partial charge in [0.25, 0.3) is 5.56 Å². The number of rotatable bonds is 10. The number of aryl methyl sites for hydroxylation is 2. The van der Waals surface area contributed by atoms with Crippen molar-refractivity contribution in [3.05, 3.63) is 52.7 Å². The van der Waals surface area contributed by atoms with E-state index in [1.807, 2.05) is 34.5 Å². The number of nitrogens with zero attached hydrogens (tertiary/aromatic N) is 4. The number of nitrogens with one attached hydrogen (secondary N) is 2. The number of hydrogen-bond acceptors (Lipinski definition) is 3. The van der Waals surface area contributed by atoms with Gasteiger partial charge in [0, 0.05) is 56.9 Å². The molecule has 7 nitrogen and oxygen atoms in total. The zero-order valence-electron chi connectivity index (χ0n) is 15.8. The summed E-state index contributed by atoms with van der Waals surface area (Å²) >= 11 is 0. The molecule has 0 aliphatic carbocycles. The summed E-state index contributed by atoms with van der Waals surface area (Å²) in [5.74, 6) is 0.848. The average molecular weight is 358 g/mol. The fraction of sp³-hybridized carbons (Fsp3) is 0.526. The van der Waals surface area contributed by atoms with E-state index >= 15 is 0 Å². The Morgan fingerprint density at radius 1 is 1.15 bits per heavy atom. The largest absolute Gasteiger partial charge is 0.357 e. The van der Waals surface area contributed by atoms with Gasteiger partial charge in [0.05, 0.1) is 0 Å². The van der Waals surface area contributed by atoms with Gasteiger partial charge in [-0.3, -0.25) is 14.5 Å². The van der Waals surface area contributed by atoms with Gasteiger partial charge < -0.3 is 15.2 Å². The lowest BCUT2D eigenvalue weighted by Gasteiger charge is -2.12. The highest BCUT2D eigenvalue weighted by molar-refractivity contribution is 5.79. The predicted molar refractivity (Wildman–Crippen MR) is 105 cm³/mol. The summed E-state index contributed by atoms with van der Waals surface area (Å²) in [6.45, 7) is 8.10. The van der Waals surface area contributed by atoms with Gasteiger partial charge >= 0.3 is 0 Å². The molecular formula is C19H30N6O. The number of aromatic nitrogens is 3. The maximum absolute atomic E-state index is 11.8. The Bertz CT molecular complexity index is 720. The molecule has 2 heterocycles. The summed E-state index contributed by atoms with van der Waals surface area (Å²) in [4.78, 5) is 16.4. The first-order chi connectivity index (χ1) is 12.7. The first kappa shape index (κ1) is 19.8. The number of aliphatic imine (C=N–C) groups is 1. The highest BCUT2D eigenvalue weighted by Crippen LogP contribution is 1.98. The second-order valence-electron chi connectivity index (χ2n) is 6.17. The van der Waals surface area contributed by atoms with Gasteiger partial charge in [-0.25, -0.2) is 0 Å². The van der Waals surface area contributed by atoms with Gasteiger partial charge in [-0.1, -0.05) is 6.07 Å². The molecule has 0 saturated carbocycles. The second kappa shape index (κ2) is 11.1. The lowest BCUT2D eigenvalue weighted by molar-refractivity contribution is 0.572. The molecule has 0 radical (unpaired) electrons. The first-order valence-electron chi connectivity index (χ1n) is 9.36. The van der Waals surface area contributed by atoms with E-state index in [-0.39, 0.29) is 5.56 Å². The molecule has 0 aromatic carbocycles. The lowest BCUT2D eigenvalue weighted by Crippen LogP contribution is -2.38. The van der Waals surface area contributed by atoms with Crippen LogP contribution in [0.1, 0.15) is 31.9 Å². The van der Waals surface area contributed by atoms with Crippen LogP contribution in [0.3, 0.4) is 0 Å². The predicted octanol–water partition coefficient (Wildman–Crippen LogP) is 1.78. The Labute approximate surface area is 155 Å². The molecular weight excluding hydrogens is 328 g/mol. The smallest absolute Gasteiger partial charge is 0.250 e. The fourth-order valence-corrected chi connectivity index (χ4v) is 2.71. The van der Waals surface area contributed by atoms with Crippen molar-refractivity contribution < 1.29 is 0 Å². The molecule has 0 amide bonds. The van der Waals surface area contributed by atoms with Crippen molar-refractivity contribution in [1.29, 1.82) is 0 Å². The van der Waals surface area contributed by atoms with Crippen molar-refractivity contribution in [2.45, 2.75) is 46.2 Å². The number of hydrogen-bond donors (Lipinski definition) is 2. The Morgan fingerprint density at radius 2 is 2.04 bits per heavy atom. The van der Waals surface area contributed by atoms with E-state index in [0.717, 1.165) is 63.6 Å². The normalized spacial score (nSPS) is 11.5. The molecule has 0 aliphatic heterocycles. The summed E-state index contributed by atoms with van der Waals surface area (Å²) in [5, 5.41) is 10.8. The standard InChI is InChI=1S/C19H30N6O/c1-3-20-19(22-12-7-14-24-15-8-13-23-24)21-11-4-5-16-25-17(2)9-6-10-18(25)26/h6,8-10,13,15H,3-5,7,11-12,14,16H2,1-2H3,(H2,20,21,22). The van der Waals surface area contributed by atoms with Crippen LogP contribution in [0.4, 0.5) is 0 Å². The topological polar surface area (TPSA) is 76.2 Å². The van der Waals surface area contributed by atoms with Crippen molar-refractivity contribution in [1.82, 2.24) is 25.0 Å². The Hall–Kier alpha value is -2.57. The molecule has 0 aliphatic rings. The minimum atomic E-state index is 0.0741. The maximum Gasteiger partial charge on any atom is 0.250 e. The van der Waals surface area contributed by atoms with E-state index < -0.39 is 0 Å². The van der Waals surface area contributed by atoms with Crippen LogP contribution in [0.15, 0.2) is 46.4 Å². The van der Waals surface area contributed by atoms with E-state index in [0.29, 0.717) is 0 Å².